The molecule has 1 N–H and O–H groups in total. The number of benzene rings is 2. The molecule has 0 bridgehead atoms. The summed E-state index contributed by atoms with van der Waals surface area (Å²) in [5, 5.41) is 11.5. The third-order valence-electron chi connectivity index (χ3n) is 2.84. The number of carbonyl (C=O) groups excluding carboxylic acids is 1. The van der Waals surface area contributed by atoms with E-state index < -0.39 is 28.9 Å². The SMILES string of the molecule is CC(C)(C)OC(=O)Nc1cccc(Oc2cc(F)cc(F)c2C#N)c1. The third-order valence-corrected chi connectivity index (χ3v) is 2.84. The van der Waals surface area contributed by atoms with Crippen molar-refractivity contribution < 1.29 is 23.0 Å². The van der Waals surface area contributed by atoms with Crippen molar-refractivity contribution in [3.8, 4) is 17.6 Å². The number of anilines is 1. The van der Waals surface area contributed by atoms with E-state index in [1.54, 1.807) is 39.0 Å². The zero-order valence-corrected chi connectivity index (χ0v) is 13.9. The lowest BCUT2D eigenvalue weighted by Crippen LogP contribution is -2.27. The zero-order valence-electron chi connectivity index (χ0n) is 13.9. The lowest BCUT2D eigenvalue weighted by Gasteiger charge is -2.19. The van der Waals surface area contributed by atoms with E-state index in [4.69, 9.17) is 14.7 Å². The van der Waals surface area contributed by atoms with Crippen molar-refractivity contribution in [1.82, 2.24) is 0 Å². The summed E-state index contributed by atoms with van der Waals surface area (Å²) in [6.45, 7) is 5.19. The molecule has 0 heterocycles. The number of amides is 1. The molecule has 7 heteroatoms. The third kappa shape index (κ3) is 5.18. The first-order chi connectivity index (χ1) is 11.7. The second-order valence-corrected chi connectivity index (χ2v) is 6.13. The molecule has 2 rings (SSSR count). The number of halogens is 2. The lowest BCUT2D eigenvalue weighted by molar-refractivity contribution is 0.0636. The van der Waals surface area contributed by atoms with Crippen LogP contribution < -0.4 is 10.1 Å². The van der Waals surface area contributed by atoms with Gasteiger partial charge in [0.2, 0.25) is 0 Å². The molecular formula is C18H16F2N2O3. The smallest absolute Gasteiger partial charge is 0.412 e. The van der Waals surface area contributed by atoms with Crippen LogP contribution in [0, 0.1) is 23.0 Å². The predicted octanol–water partition coefficient (Wildman–Crippen LogP) is 4.98. The Hall–Kier alpha value is -3.14. The standard InChI is InChI=1S/C18H16F2N2O3/c1-18(2,3)25-17(23)22-12-5-4-6-13(9-12)24-16-8-11(19)7-15(20)14(16)10-21/h4-9H,1-3H3,(H,22,23). The maximum atomic E-state index is 13.6. The first-order valence-electron chi connectivity index (χ1n) is 7.35. The van der Waals surface area contributed by atoms with Gasteiger partial charge < -0.3 is 9.47 Å². The summed E-state index contributed by atoms with van der Waals surface area (Å²) < 4.78 is 37.5. The second-order valence-electron chi connectivity index (χ2n) is 6.13. The summed E-state index contributed by atoms with van der Waals surface area (Å²) in [7, 11) is 0. The average Bonchev–Trinajstić information content (AvgIpc) is 2.45. The molecule has 0 unspecified atom stereocenters. The van der Waals surface area contributed by atoms with Crippen LogP contribution in [0.4, 0.5) is 19.3 Å². The van der Waals surface area contributed by atoms with E-state index >= 15 is 0 Å². The molecule has 5 nitrogen and oxygen atoms in total. The van der Waals surface area contributed by atoms with Gasteiger partial charge in [-0.25, -0.2) is 13.6 Å². The number of hydrogen-bond donors (Lipinski definition) is 1. The number of nitriles is 1. The molecule has 0 aliphatic carbocycles. The van der Waals surface area contributed by atoms with Crippen LogP contribution in [-0.2, 0) is 4.74 Å². The highest BCUT2D eigenvalue weighted by Gasteiger charge is 2.17. The van der Waals surface area contributed by atoms with Gasteiger partial charge in [0, 0.05) is 23.9 Å². The van der Waals surface area contributed by atoms with Crippen molar-refractivity contribution >= 4 is 11.8 Å². The molecule has 0 radical (unpaired) electrons. The zero-order chi connectivity index (χ0) is 18.6. The van der Waals surface area contributed by atoms with Crippen LogP contribution in [0.1, 0.15) is 26.3 Å². The molecule has 0 aromatic heterocycles. The minimum absolute atomic E-state index is 0.190. The number of nitrogens with zero attached hydrogens (tertiary/aromatic N) is 1. The Kier molecular flexibility index (Phi) is 5.22. The highest BCUT2D eigenvalue weighted by molar-refractivity contribution is 5.85. The second kappa shape index (κ2) is 7.18. The van der Waals surface area contributed by atoms with E-state index in [2.05, 4.69) is 5.32 Å². The van der Waals surface area contributed by atoms with Crippen molar-refractivity contribution in [2.45, 2.75) is 26.4 Å². The van der Waals surface area contributed by atoms with Crippen LogP contribution in [0.25, 0.3) is 0 Å². The summed E-state index contributed by atoms with van der Waals surface area (Å²) in [5.41, 5.74) is -0.701. The summed E-state index contributed by atoms with van der Waals surface area (Å²) in [6.07, 6.45) is -0.654. The van der Waals surface area contributed by atoms with Gasteiger partial charge in [0.15, 0.2) is 5.75 Å². The number of carbonyl (C=O) groups is 1. The summed E-state index contributed by atoms with van der Waals surface area (Å²) in [4.78, 5) is 11.8. The van der Waals surface area contributed by atoms with Gasteiger partial charge in [0.1, 0.15) is 34.6 Å². The van der Waals surface area contributed by atoms with Crippen LogP contribution >= 0.6 is 0 Å². The highest BCUT2D eigenvalue weighted by atomic mass is 19.1. The van der Waals surface area contributed by atoms with Crippen molar-refractivity contribution in [1.29, 1.82) is 5.26 Å². The molecule has 0 aliphatic heterocycles. The van der Waals surface area contributed by atoms with Crippen molar-refractivity contribution in [3.05, 3.63) is 53.6 Å². The van der Waals surface area contributed by atoms with Gasteiger partial charge in [-0.2, -0.15) is 5.26 Å². The molecule has 0 saturated carbocycles. The number of hydrogen-bond acceptors (Lipinski definition) is 4. The van der Waals surface area contributed by atoms with Gasteiger partial charge in [-0.15, -0.1) is 0 Å². The molecule has 25 heavy (non-hydrogen) atoms. The Bertz CT molecular complexity index is 839. The predicted molar refractivity (Wildman–Crippen MR) is 87.4 cm³/mol. The van der Waals surface area contributed by atoms with Gasteiger partial charge in [0.05, 0.1) is 0 Å². The molecule has 130 valence electrons. The highest BCUT2D eigenvalue weighted by Crippen LogP contribution is 2.29. The Balaban J connectivity index is 2.21. The van der Waals surface area contributed by atoms with Gasteiger partial charge in [0.25, 0.3) is 0 Å². The number of nitrogens with one attached hydrogen (secondary N) is 1. The Labute approximate surface area is 143 Å². The molecule has 2 aromatic rings. The maximum Gasteiger partial charge on any atom is 0.412 e. The average molecular weight is 346 g/mol. The normalized spacial score (nSPS) is 10.7. The molecular weight excluding hydrogens is 330 g/mol. The number of ether oxygens (including phenoxy) is 2. The van der Waals surface area contributed by atoms with E-state index in [0.29, 0.717) is 11.8 Å². The summed E-state index contributed by atoms with van der Waals surface area (Å²) in [6, 6.07) is 9.26. The minimum Gasteiger partial charge on any atom is -0.456 e. The summed E-state index contributed by atoms with van der Waals surface area (Å²) in [5.74, 6) is -1.94. The largest absolute Gasteiger partial charge is 0.456 e. The van der Waals surface area contributed by atoms with Crippen LogP contribution in [0.2, 0.25) is 0 Å². The van der Waals surface area contributed by atoms with Crippen molar-refractivity contribution in [2.75, 3.05) is 5.32 Å². The Morgan fingerprint density at radius 1 is 1.20 bits per heavy atom. The molecule has 0 fully saturated rings. The molecule has 0 atom stereocenters. The van der Waals surface area contributed by atoms with Crippen molar-refractivity contribution in [3.63, 3.8) is 0 Å². The molecule has 2 aromatic carbocycles. The van der Waals surface area contributed by atoms with E-state index in [-0.39, 0.29) is 11.5 Å². The fourth-order valence-corrected chi connectivity index (χ4v) is 1.92. The Morgan fingerprint density at radius 3 is 2.56 bits per heavy atom. The Morgan fingerprint density at radius 2 is 1.92 bits per heavy atom. The van der Waals surface area contributed by atoms with E-state index in [0.717, 1.165) is 6.07 Å². The number of rotatable bonds is 3. The van der Waals surface area contributed by atoms with Gasteiger partial charge in [-0.05, 0) is 32.9 Å². The lowest BCUT2D eigenvalue weighted by atomic mass is 10.2. The van der Waals surface area contributed by atoms with Crippen LogP contribution in [0.3, 0.4) is 0 Å². The maximum absolute atomic E-state index is 13.6. The first-order valence-corrected chi connectivity index (χ1v) is 7.35. The van der Waals surface area contributed by atoms with Gasteiger partial charge >= 0.3 is 6.09 Å². The van der Waals surface area contributed by atoms with Gasteiger partial charge in [-0.1, -0.05) is 6.07 Å². The summed E-state index contributed by atoms with van der Waals surface area (Å²) >= 11 is 0. The molecule has 0 spiro atoms. The topological polar surface area (TPSA) is 71.3 Å². The fraction of sp³-hybridized carbons (Fsp3) is 0.222. The first kappa shape index (κ1) is 18.2. The van der Waals surface area contributed by atoms with Crippen molar-refractivity contribution in [2.24, 2.45) is 0 Å². The minimum atomic E-state index is -1.01. The van der Waals surface area contributed by atoms with Crippen LogP contribution in [-0.4, -0.2) is 11.7 Å². The van der Waals surface area contributed by atoms with Crippen LogP contribution in [0.15, 0.2) is 36.4 Å². The fourth-order valence-electron chi connectivity index (χ4n) is 1.92. The quantitative estimate of drug-likeness (QED) is 0.851. The molecule has 0 saturated heterocycles. The van der Waals surface area contributed by atoms with E-state index in [9.17, 15) is 13.6 Å². The van der Waals surface area contributed by atoms with Crippen LogP contribution in [0.5, 0.6) is 11.5 Å². The molecule has 1 amide bonds. The molecule has 0 aliphatic rings. The van der Waals surface area contributed by atoms with E-state index in [1.165, 1.54) is 12.1 Å². The monoisotopic (exact) mass is 346 g/mol. The van der Waals surface area contributed by atoms with Gasteiger partial charge in [-0.3, -0.25) is 5.32 Å². The van der Waals surface area contributed by atoms with E-state index in [1.807, 2.05) is 0 Å².